The van der Waals surface area contributed by atoms with Crippen LogP contribution in [0.15, 0.2) is 30.3 Å². The minimum absolute atomic E-state index is 0. The molecule has 11 heavy (non-hydrogen) atoms. The molecule has 1 aromatic carbocycles. The Labute approximate surface area is 74.4 Å². The van der Waals surface area contributed by atoms with Crippen molar-refractivity contribution >= 4 is 20.7 Å². The average molecular weight is 216 g/mol. The smallest absolute Gasteiger partial charge is 0.369 e. The van der Waals surface area contributed by atoms with Gasteiger partial charge in [-0.3, -0.25) is 0 Å². The maximum atomic E-state index is 10.6. The molecule has 0 radical (unpaired) electrons. The molecule has 0 saturated carbocycles. The molecule has 0 saturated heterocycles. The quantitative estimate of drug-likeness (QED) is 0.744. The number of carbonyl (C=O) groups is 1. The second-order valence-corrected chi connectivity index (χ2v) is 2.99. The fourth-order valence-electron chi connectivity index (χ4n) is 0.763. The van der Waals surface area contributed by atoms with Crippen LogP contribution in [0, 0.1) is 0 Å². The van der Waals surface area contributed by atoms with Crippen LogP contribution in [-0.4, -0.2) is 20.7 Å². The van der Waals surface area contributed by atoms with Crippen LogP contribution >= 0.6 is 0 Å². The largest absolute Gasteiger partial charge is 0.369 e. The van der Waals surface area contributed by atoms with Crippen molar-refractivity contribution in [3.05, 3.63) is 35.9 Å². The predicted molar refractivity (Wildman–Crippen MR) is 46.9 cm³/mol. The molecule has 1 aromatic rings. The van der Waals surface area contributed by atoms with Gasteiger partial charge in [0.25, 0.3) is 0 Å². The molecule has 0 heterocycles. The van der Waals surface area contributed by atoms with Gasteiger partial charge in [0, 0.05) is 0 Å². The van der Waals surface area contributed by atoms with E-state index in [9.17, 15) is 4.79 Å². The van der Waals surface area contributed by atoms with E-state index in [1.807, 2.05) is 30.3 Å². The third-order valence-corrected chi connectivity index (χ3v) is 1.49. The van der Waals surface area contributed by atoms with Crippen molar-refractivity contribution in [3.8, 4) is 0 Å². The van der Waals surface area contributed by atoms with Gasteiger partial charge in [-0.05, 0) is 0 Å². The Morgan fingerprint density at radius 1 is 1.27 bits per heavy atom. The molecule has 0 aliphatic heterocycles. The molecular formula is C8H11NOSe. The molecule has 0 aliphatic carbocycles. The van der Waals surface area contributed by atoms with Crippen molar-refractivity contribution in [2.45, 2.75) is 6.42 Å². The molecule has 0 spiro atoms. The van der Waals surface area contributed by atoms with Crippen molar-refractivity contribution in [3.63, 3.8) is 0 Å². The van der Waals surface area contributed by atoms with Crippen LogP contribution in [0.1, 0.15) is 5.56 Å². The second-order valence-electron chi connectivity index (χ2n) is 2.03. The summed E-state index contributed by atoms with van der Waals surface area (Å²) in [6, 6.07) is 9.67. The van der Waals surface area contributed by atoms with E-state index in [0.29, 0.717) is 6.42 Å². The number of carbonyl (C=O) groups excluding carboxylic acids is 1. The first-order valence-corrected chi connectivity index (χ1v) is 3.88. The molecule has 3 heteroatoms. The fourth-order valence-corrected chi connectivity index (χ4v) is 1.11. The van der Waals surface area contributed by atoms with Gasteiger partial charge in [-0.15, -0.1) is 0 Å². The van der Waals surface area contributed by atoms with E-state index in [4.69, 9.17) is 0 Å². The summed E-state index contributed by atoms with van der Waals surface area (Å²) in [5.41, 5.74) is 1.06. The summed E-state index contributed by atoms with van der Waals surface area (Å²) in [4.78, 5) is 10.6. The Morgan fingerprint density at radius 2 is 1.82 bits per heavy atom. The van der Waals surface area contributed by atoms with Crippen LogP contribution in [0.25, 0.3) is 0 Å². The van der Waals surface area contributed by atoms with E-state index in [1.165, 1.54) is 0 Å². The van der Waals surface area contributed by atoms with Crippen LogP contribution < -0.4 is 6.15 Å². The third kappa shape index (κ3) is 3.94. The van der Waals surface area contributed by atoms with Gasteiger partial charge in [-0.1, -0.05) is 0 Å². The van der Waals surface area contributed by atoms with Gasteiger partial charge in [0.1, 0.15) is 0 Å². The monoisotopic (exact) mass is 217 g/mol. The molecule has 0 amide bonds. The number of hydrogen-bond donors (Lipinski definition) is 1. The van der Waals surface area contributed by atoms with Crippen molar-refractivity contribution in [2.24, 2.45) is 0 Å². The molecule has 0 fully saturated rings. The van der Waals surface area contributed by atoms with E-state index in [2.05, 4.69) is 16.0 Å². The van der Waals surface area contributed by atoms with Crippen LogP contribution in [0.2, 0.25) is 0 Å². The number of benzene rings is 1. The fraction of sp³-hybridized carbons (Fsp3) is 0.125. The van der Waals surface area contributed by atoms with E-state index >= 15 is 0 Å². The first-order chi connectivity index (χ1) is 4.79. The van der Waals surface area contributed by atoms with Crippen molar-refractivity contribution in [2.75, 3.05) is 0 Å². The zero-order valence-corrected chi connectivity index (χ0v) is 8.12. The third-order valence-electron chi connectivity index (χ3n) is 1.19. The Balaban J connectivity index is 0.000001000. The molecule has 0 aliphatic rings. The molecule has 60 valence electrons. The first-order valence-electron chi connectivity index (χ1n) is 3.03. The standard InChI is InChI=1S/C8H8OSe.H3N/c9-8(10)6-7-4-2-1-3-5-7;/h1-5H,6H2,(H,9,10);1H3. The van der Waals surface area contributed by atoms with E-state index in [0.717, 1.165) is 5.56 Å². The number of quaternary nitrogens is 1. The van der Waals surface area contributed by atoms with Crippen LogP contribution in [0.3, 0.4) is 0 Å². The van der Waals surface area contributed by atoms with Gasteiger partial charge in [0.05, 0.1) is 0 Å². The SMILES string of the molecule is O=C([Se-])Cc1ccccc1.[NH4+]. The van der Waals surface area contributed by atoms with Gasteiger partial charge >= 0.3 is 67.8 Å². The molecule has 0 bridgehead atoms. The van der Waals surface area contributed by atoms with Gasteiger partial charge in [0.15, 0.2) is 0 Å². The molecule has 1 rings (SSSR count). The van der Waals surface area contributed by atoms with Crippen molar-refractivity contribution in [1.29, 1.82) is 0 Å². The first kappa shape index (κ1) is 10.4. The summed E-state index contributed by atoms with van der Waals surface area (Å²) >= 11 is 2.45. The van der Waals surface area contributed by atoms with Crippen LogP contribution in [-0.2, 0) is 11.2 Å². The molecule has 0 atom stereocenters. The van der Waals surface area contributed by atoms with Gasteiger partial charge in [-0.2, -0.15) is 0 Å². The van der Waals surface area contributed by atoms with Crippen LogP contribution in [0.5, 0.6) is 0 Å². The van der Waals surface area contributed by atoms with Gasteiger partial charge < -0.3 is 6.15 Å². The maximum absolute atomic E-state index is 10.6. The Bertz CT molecular complexity index is 223. The minimum Gasteiger partial charge on any atom is -0.369 e. The Kier molecular flexibility index (Phi) is 4.79. The van der Waals surface area contributed by atoms with E-state index in [1.54, 1.807) is 0 Å². The van der Waals surface area contributed by atoms with Crippen molar-refractivity contribution < 1.29 is 4.79 Å². The van der Waals surface area contributed by atoms with Crippen LogP contribution in [0.4, 0.5) is 0 Å². The summed E-state index contributed by atoms with van der Waals surface area (Å²) in [5.74, 6) is 0. The average Bonchev–Trinajstić information content (AvgIpc) is 1.88. The summed E-state index contributed by atoms with van der Waals surface area (Å²) in [6.07, 6.45) is 0.501. The normalized spacial score (nSPS) is 8.36. The number of hydrogen-bond acceptors (Lipinski definition) is 1. The maximum Gasteiger partial charge on any atom is -0.369 e. The van der Waals surface area contributed by atoms with Gasteiger partial charge in [-0.25, -0.2) is 0 Å². The zero-order valence-electron chi connectivity index (χ0n) is 6.41. The van der Waals surface area contributed by atoms with E-state index in [-0.39, 0.29) is 10.8 Å². The van der Waals surface area contributed by atoms with Gasteiger partial charge in [0.2, 0.25) is 0 Å². The molecular weight excluding hydrogens is 205 g/mol. The Hall–Kier alpha value is -0.631. The Morgan fingerprint density at radius 3 is 2.27 bits per heavy atom. The topological polar surface area (TPSA) is 53.6 Å². The summed E-state index contributed by atoms with van der Waals surface area (Å²) in [5, 5.41) is 0. The molecule has 0 unspecified atom stereocenters. The van der Waals surface area contributed by atoms with Crippen molar-refractivity contribution in [1.82, 2.24) is 6.15 Å². The summed E-state index contributed by atoms with van der Waals surface area (Å²) < 4.78 is 0.0891. The predicted octanol–water partition coefficient (Wildman–Crippen LogP) is 1.30. The summed E-state index contributed by atoms with van der Waals surface area (Å²) in [6.45, 7) is 0. The zero-order chi connectivity index (χ0) is 7.40. The summed E-state index contributed by atoms with van der Waals surface area (Å²) in [7, 11) is 0. The number of rotatable bonds is 2. The second kappa shape index (κ2) is 5.08. The molecule has 4 N–H and O–H groups in total. The molecule has 0 aromatic heterocycles. The van der Waals surface area contributed by atoms with E-state index < -0.39 is 0 Å². The molecule has 2 nitrogen and oxygen atoms in total. The minimum atomic E-state index is 0.